The van der Waals surface area contributed by atoms with Gasteiger partial charge in [0, 0.05) is 21.5 Å². The Hall–Kier alpha value is -2.41. The lowest BCUT2D eigenvalue weighted by atomic mass is 9.96. The van der Waals surface area contributed by atoms with Crippen LogP contribution >= 0.6 is 39.1 Å². The summed E-state index contributed by atoms with van der Waals surface area (Å²) in [7, 11) is 1.64. The molecule has 0 aromatic heterocycles. The fourth-order valence-electron chi connectivity index (χ4n) is 4.00. The Morgan fingerprint density at radius 1 is 1.10 bits per heavy atom. The SMILES string of the molecule is COc1ccc(C2=NN3[C@H](C2)c2cc(Br)ccc2O[C@H]3c2cc(Cl)cc(Cl)c2O)cc1. The molecule has 3 aromatic carbocycles. The van der Waals surface area contributed by atoms with Gasteiger partial charge >= 0.3 is 0 Å². The summed E-state index contributed by atoms with van der Waals surface area (Å²) in [4.78, 5) is 0. The largest absolute Gasteiger partial charge is 0.506 e. The molecule has 0 aliphatic carbocycles. The molecule has 8 heteroatoms. The number of hydrogen-bond donors (Lipinski definition) is 1. The van der Waals surface area contributed by atoms with Crippen molar-refractivity contribution in [1.29, 1.82) is 0 Å². The molecule has 0 spiro atoms. The number of nitrogens with zero attached hydrogens (tertiary/aromatic N) is 2. The number of hydrazone groups is 1. The lowest BCUT2D eigenvalue weighted by molar-refractivity contribution is -0.0203. The molecular weight excluding hydrogens is 503 g/mol. The Kier molecular flexibility index (Phi) is 5.24. The fourth-order valence-corrected chi connectivity index (χ4v) is 4.88. The normalized spacial score (nSPS) is 19.4. The molecule has 2 aliphatic rings. The van der Waals surface area contributed by atoms with Crippen molar-refractivity contribution in [2.24, 2.45) is 5.10 Å². The van der Waals surface area contributed by atoms with Crippen LogP contribution in [0.25, 0.3) is 0 Å². The first kappa shape index (κ1) is 20.5. The molecule has 0 bridgehead atoms. The molecule has 0 unspecified atom stereocenters. The number of hydrogen-bond acceptors (Lipinski definition) is 5. The summed E-state index contributed by atoms with van der Waals surface area (Å²) in [6.45, 7) is 0. The Balaban J connectivity index is 1.62. The van der Waals surface area contributed by atoms with Crippen LogP contribution < -0.4 is 9.47 Å². The summed E-state index contributed by atoms with van der Waals surface area (Å²) >= 11 is 16.0. The first-order valence-corrected chi connectivity index (χ1v) is 11.1. The molecule has 2 aliphatic heterocycles. The van der Waals surface area contributed by atoms with Crippen LogP contribution in [0.4, 0.5) is 0 Å². The highest BCUT2D eigenvalue weighted by molar-refractivity contribution is 9.10. The van der Waals surface area contributed by atoms with Gasteiger partial charge in [0.25, 0.3) is 0 Å². The molecule has 0 fully saturated rings. The number of fused-ring (bicyclic) bond motifs is 3. The maximum Gasteiger partial charge on any atom is 0.217 e. The van der Waals surface area contributed by atoms with E-state index in [1.807, 2.05) is 47.5 Å². The van der Waals surface area contributed by atoms with Crippen molar-refractivity contribution in [3.8, 4) is 17.2 Å². The molecular formula is C23H17BrCl2N2O3. The van der Waals surface area contributed by atoms with Gasteiger partial charge in [-0.05, 0) is 60.2 Å². The highest BCUT2D eigenvalue weighted by atomic mass is 79.9. The first-order chi connectivity index (χ1) is 14.9. The summed E-state index contributed by atoms with van der Waals surface area (Å²) in [5.41, 5.74) is 3.40. The van der Waals surface area contributed by atoms with Gasteiger partial charge in [-0.2, -0.15) is 5.10 Å². The highest BCUT2D eigenvalue weighted by Crippen LogP contribution is 2.50. The van der Waals surface area contributed by atoms with E-state index >= 15 is 0 Å². The van der Waals surface area contributed by atoms with Crippen molar-refractivity contribution >= 4 is 44.8 Å². The van der Waals surface area contributed by atoms with Crippen LogP contribution in [-0.2, 0) is 0 Å². The van der Waals surface area contributed by atoms with Crippen LogP contribution in [0.3, 0.4) is 0 Å². The van der Waals surface area contributed by atoms with Gasteiger partial charge < -0.3 is 14.6 Å². The lowest BCUT2D eigenvalue weighted by Gasteiger charge is -2.38. The second-order valence-corrected chi connectivity index (χ2v) is 9.11. The molecule has 31 heavy (non-hydrogen) atoms. The molecule has 5 rings (SSSR count). The molecule has 0 saturated carbocycles. The molecule has 3 aromatic rings. The average molecular weight is 520 g/mol. The van der Waals surface area contributed by atoms with Crippen molar-refractivity contribution in [2.45, 2.75) is 18.7 Å². The van der Waals surface area contributed by atoms with E-state index in [1.54, 1.807) is 13.2 Å². The molecule has 0 saturated heterocycles. The lowest BCUT2D eigenvalue weighted by Crippen LogP contribution is -2.33. The monoisotopic (exact) mass is 518 g/mol. The minimum Gasteiger partial charge on any atom is -0.506 e. The van der Waals surface area contributed by atoms with Gasteiger partial charge in [-0.1, -0.05) is 39.1 Å². The van der Waals surface area contributed by atoms with E-state index in [-0.39, 0.29) is 16.8 Å². The van der Waals surface area contributed by atoms with Crippen LogP contribution in [0.1, 0.15) is 35.4 Å². The number of methoxy groups -OCH3 is 1. The molecule has 0 amide bonds. The van der Waals surface area contributed by atoms with Gasteiger partial charge in [-0.15, -0.1) is 0 Å². The van der Waals surface area contributed by atoms with E-state index in [1.165, 1.54) is 6.07 Å². The number of benzene rings is 3. The third-order valence-electron chi connectivity index (χ3n) is 5.50. The van der Waals surface area contributed by atoms with Crippen LogP contribution in [0, 0.1) is 0 Å². The molecule has 5 nitrogen and oxygen atoms in total. The Labute approximate surface area is 197 Å². The molecule has 158 valence electrons. The summed E-state index contributed by atoms with van der Waals surface area (Å²) in [5.74, 6) is 1.45. The number of aromatic hydroxyl groups is 1. The summed E-state index contributed by atoms with van der Waals surface area (Å²) in [6.07, 6.45) is 0.00987. The molecule has 1 N–H and O–H groups in total. The molecule has 0 radical (unpaired) electrons. The van der Waals surface area contributed by atoms with E-state index in [9.17, 15) is 5.11 Å². The number of phenolic OH excluding ortho intramolecular Hbond substituents is 1. The Morgan fingerprint density at radius 2 is 1.87 bits per heavy atom. The topological polar surface area (TPSA) is 54.3 Å². The molecule has 2 heterocycles. The Bertz CT molecular complexity index is 1200. The summed E-state index contributed by atoms with van der Waals surface area (Å²) < 4.78 is 12.5. The van der Waals surface area contributed by atoms with Crippen LogP contribution in [0.5, 0.6) is 17.2 Å². The minimum absolute atomic E-state index is 0.0662. The minimum atomic E-state index is -0.675. The maximum absolute atomic E-state index is 10.7. The third-order valence-corrected chi connectivity index (χ3v) is 6.50. The van der Waals surface area contributed by atoms with Gasteiger partial charge in [0.05, 0.1) is 29.4 Å². The van der Waals surface area contributed by atoms with Crippen molar-refractivity contribution in [2.75, 3.05) is 7.11 Å². The van der Waals surface area contributed by atoms with Crippen molar-refractivity contribution in [3.63, 3.8) is 0 Å². The van der Waals surface area contributed by atoms with Gasteiger partial charge in [-0.25, -0.2) is 5.01 Å². The van der Waals surface area contributed by atoms with Crippen LogP contribution in [-0.4, -0.2) is 22.9 Å². The summed E-state index contributed by atoms with van der Waals surface area (Å²) in [6, 6.07) is 16.8. The second-order valence-electron chi connectivity index (χ2n) is 7.35. The zero-order valence-electron chi connectivity index (χ0n) is 16.3. The summed E-state index contributed by atoms with van der Waals surface area (Å²) in [5, 5.41) is 18.0. The quantitative estimate of drug-likeness (QED) is 0.417. The number of phenols is 1. The smallest absolute Gasteiger partial charge is 0.217 e. The maximum atomic E-state index is 10.7. The van der Waals surface area contributed by atoms with E-state index in [4.69, 9.17) is 37.8 Å². The zero-order chi connectivity index (χ0) is 21.7. The third kappa shape index (κ3) is 3.63. The zero-order valence-corrected chi connectivity index (χ0v) is 19.4. The van der Waals surface area contributed by atoms with Crippen LogP contribution in [0.15, 0.2) is 64.2 Å². The van der Waals surface area contributed by atoms with Gasteiger partial charge in [-0.3, -0.25) is 0 Å². The van der Waals surface area contributed by atoms with Gasteiger partial charge in [0.15, 0.2) is 0 Å². The molecule has 2 atom stereocenters. The van der Waals surface area contributed by atoms with Crippen molar-refractivity contribution < 1.29 is 14.6 Å². The predicted octanol–water partition coefficient (Wildman–Crippen LogP) is 6.71. The van der Waals surface area contributed by atoms with Crippen LogP contribution in [0.2, 0.25) is 10.0 Å². The van der Waals surface area contributed by atoms with Crippen molar-refractivity contribution in [3.05, 3.63) is 85.8 Å². The van der Waals surface area contributed by atoms with E-state index < -0.39 is 6.23 Å². The second kappa shape index (κ2) is 7.93. The van der Waals surface area contributed by atoms with Gasteiger partial charge in [0.1, 0.15) is 17.2 Å². The Morgan fingerprint density at radius 3 is 2.61 bits per heavy atom. The predicted molar refractivity (Wildman–Crippen MR) is 124 cm³/mol. The standard InChI is InChI=1S/C23H17BrCl2N2O3/c1-30-15-5-2-12(3-6-15)19-11-20-16-8-13(24)4-7-21(16)31-23(28(20)27-19)17-9-14(25)10-18(26)22(17)29/h2-10,20,23,29H,11H2,1H3/t20-,23+/m1/s1. The van der Waals surface area contributed by atoms with E-state index in [2.05, 4.69) is 15.9 Å². The van der Waals surface area contributed by atoms with E-state index in [0.717, 1.165) is 32.8 Å². The van der Waals surface area contributed by atoms with E-state index in [0.29, 0.717) is 17.0 Å². The number of rotatable bonds is 3. The fraction of sp³-hybridized carbons (Fsp3) is 0.174. The highest BCUT2D eigenvalue weighted by Gasteiger charge is 2.42. The number of halogens is 3. The first-order valence-electron chi connectivity index (χ1n) is 9.59. The van der Waals surface area contributed by atoms with Crippen molar-refractivity contribution in [1.82, 2.24) is 5.01 Å². The average Bonchev–Trinajstić information content (AvgIpc) is 3.22. The number of ether oxygens (including phenoxy) is 2. The van der Waals surface area contributed by atoms with Gasteiger partial charge in [0.2, 0.25) is 6.23 Å².